The van der Waals surface area contributed by atoms with Crippen molar-refractivity contribution in [2.75, 3.05) is 39.3 Å². The summed E-state index contributed by atoms with van der Waals surface area (Å²) in [6.45, 7) is 2.65. The number of hydrogen-bond donors (Lipinski definition) is 3. The summed E-state index contributed by atoms with van der Waals surface area (Å²) in [7, 11) is 0. The number of hydrogen-bond acceptors (Lipinski definition) is 15. The van der Waals surface area contributed by atoms with Crippen LogP contribution >= 0.6 is 22.9 Å². The van der Waals surface area contributed by atoms with Crippen molar-refractivity contribution in [3.63, 3.8) is 0 Å². The van der Waals surface area contributed by atoms with E-state index in [2.05, 4.69) is 29.7 Å². The summed E-state index contributed by atoms with van der Waals surface area (Å²) in [5, 5.41) is 32.2. The normalized spacial score (nSPS) is 17.0. The average Bonchev–Trinajstić information content (AvgIpc) is 3.69. The van der Waals surface area contributed by atoms with E-state index in [1.54, 1.807) is 79.0 Å². The minimum atomic E-state index is -1.48. The number of ether oxygens (including phenoxy) is 4. The third-order valence-electron chi connectivity index (χ3n) is 10.6. The molecule has 3 aliphatic rings. The number of aliphatic carboxylic acids is 1. The topological polar surface area (TPSA) is 182 Å². The van der Waals surface area contributed by atoms with Gasteiger partial charge in [-0.2, -0.15) is 5.06 Å². The van der Waals surface area contributed by atoms with Gasteiger partial charge < -0.3 is 34.1 Å². The quantitative estimate of drug-likeness (QED) is 0.0938. The molecule has 15 nitrogen and oxygen atoms in total. The fourth-order valence-electron chi connectivity index (χ4n) is 7.48. The standard InChI is InChI=1S/C45H38ClFN6O9S/c46-34-20-27-7-11-37(34)60-32(22-52-15-17-53(56)18-16-52)24-58-31-10-12-35(59-23-30-13-14-48-42(51-30)33-3-1-2-4-36(33)62-57)28(19-31)21-38(45(54)55)61-43-40-39(27)41(63-44(40)50-25-49-43)26-5-8-29(47)9-6-26/h1-14,19-20,25,32,38,56-57H,15-18,21-24H2,(H,54,55)/t32-,38-/m1/s1. The molecule has 0 amide bonds. The molecule has 0 unspecified atom stereocenters. The molecule has 0 radical (unpaired) electrons. The molecule has 63 heavy (non-hydrogen) atoms. The number of benzene rings is 4. The molecular weight excluding hydrogens is 855 g/mol. The zero-order chi connectivity index (χ0) is 43.5. The third-order valence-corrected chi connectivity index (χ3v) is 12.0. The molecule has 10 rings (SSSR count). The van der Waals surface area contributed by atoms with E-state index in [1.165, 1.54) is 34.9 Å². The fraction of sp³-hybridized carbons (Fsp3) is 0.222. The lowest BCUT2D eigenvalue weighted by atomic mass is 9.99. The van der Waals surface area contributed by atoms with E-state index in [0.717, 1.165) is 0 Å². The van der Waals surface area contributed by atoms with Gasteiger partial charge in [0.05, 0.1) is 21.7 Å². The predicted molar refractivity (Wildman–Crippen MR) is 230 cm³/mol. The van der Waals surface area contributed by atoms with Crippen LogP contribution in [0.1, 0.15) is 11.3 Å². The van der Waals surface area contributed by atoms with Crippen molar-refractivity contribution in [1.82, 2.24) is 29.9 Å². The lowest BCUT2D eigenvalue weighted by molar-refractivity contribution is -0.145. The van der Waals surface area contributed by atoms with Crippen LogP contribution in [0.4, 0.5) is 4.39 Å². The van der Waals surface area contributed by atoms with Gasteiger partial charge in [-0.3, -0.25) is 4.90 Å². The molecule has 4 aromatic carbocycles. The molecule has 3 aliphatic heterocycles. The van der Waals surface area contributed by atoms with E-state index >= 15 is 0 Å². The number of carboxylic acid groups (broad SMARTS) is 1. The van der Waals surface area contributed by atoms with Crippen molar-refractivity contribution in [1.29, 1.82) is 0 Å². The first kappa shape index (κ1) is 41.9. The average molecular weight is 893 g/mol. The lowest BCUT2D eigenvalue weighted by Crippen LogP contribution is -2.49. The fourth-order valence-corrected chi connectivity index (χ4v) is 8.86. The van der Waals surface area contributed by atoms with Crippen LogP contribution in [0.15, 0.2) is 104 Å². The van der Waals surface area contributed by atoms with Gasteiger partial charge in [-0.15, -0.1) is 11.3 Å². The maximum Gasteiger partial charge on any atom is 0.345 e. The van der Waals surface area contributed by atoms with E-state index in [4.69, 9.17) is 30.5 Å². The van der Waals surface area contributed by atoms with Crippen molar-refractivity contribution in [3.8, 4) is 61.8 Å². The van der Waals surface area contributed by atoms with Gasteiger partial charge in [-0.05, 0) is 71.8 Å². The molecule has 1 saturated heterocycles. The van der Waals surface area contributed by atoms with Crippen LogP contribution in [0, 0.1) is 5.82 Å². The molecule has 322 valence electrons. The summed E-state index contributed by atoms with van der Waals surface area (Å²) in [4.78, 5) is 39.1. The summed E-state index contributed by atoms with van der Waals surface area (Å²) < 4.78 is 39.9. The second-order valence-corrected chi connectivity index (χ2v) is 16.2. The third kappa shape index (κ3) is 9.34. The van der Waals surface area contributed by atoms with Crippen LogP contribution in [-0.4, -0.2) is 103 Å². The number of rotatable bonds is 9. The summed E-state index contributed by atoms with van der Waals surface area (Å²) >= 11 is 8.34. The van der Waals surface area contributed by atoms with Crippen LogP contribution in [0.25, 0.3) is 43.2 Å². The number of carboxylic acids is 1. The highest BCUT2D eigenvalue weighted by Crippen LogP contribution is 2.48. The van der Waals surface area contributed by atoms with Crippen LogP contribution in [0.2, 0.25) is 5.02 Å². The maximum absolute atomic E-state index is 14.2. The summed E-state index contributed by atoms with van der Waals surface area (Å²) in [5.74, 6) is -0.00102. The Morgan fingerprint density at radius 3 is 2.52 bits per heavy atom. The Morgan fingerprint density at radius 2 is 1.73 bits per heavy atom. The smallest absolute Gasteiger partial charge is 0.345 e. The minimum absolute atomic E-state index is 0.0198. The van der Waals surface area contributed by atoms with E-state index < -0.39 is 24.0 Å². The van der Waals surface area contributed by atoms with Gasteiger partial charge in [0.2, 0.25) is 12.0 Å². The monoisotopic (exact) mass is 892 g/mol. The number of hydroxylamine groups is 2. The molecule has 4 bridgehead atoms. The Balaban J connectivity index is 1.12. The van der Waals surface area contributed by atoms with Gasteiger partial charge in [-0.25, -0.2) is 34.4 Å². The van der Waals surface area contributed by atoms with E-state index in [-0.39, 0.29) is 31.3 Å². The minimum Gasteiger partial charge on any atom is -0.490 e. The summed E-state index contributed by atoms with van der Waals surface area (Å²) in [6.07, 6.45) is 0.673. The van der Waals surface area contributed by atoms with Gasteiger partial charge in [0, 0.05) is 61.3 Å². The number of nitrogens with zero attached hydrogens (tertiary/aromatic N) is 6. The SMILES string of the molecule is O=C(O)[C@H]1Cc2cc(ccc2OCc2ccnc(-c3ccccc3OO)n2)OC[C@@H](CN2CCN(O)CC2)Oc2ccc(cc2Cl)-c2c(-c3ccc(F)cc3)sc3ncnc(c23)O1. The van der Waals surface area contributed by atoms with Gasteiger partial charge in [0.25, 0.3) is 0 Å². The van der Waals surface area contributed by atoms with Crippen molar-refractivity contribution in [3.05, 3.63) is 126 Å². The van der Waals surface area contributed by atoms with Gasteiger partial charge in [0.15, 0.2) is 11.6 Å². The number of para-hydroxylation sites is 1. The van der Waals surface area contributed by atoms with Crippen LogP contribution < -0.4 is 23.8 Å². The Morgan fingerprint density at radius 1 is 0.921 bits per heavy atom. The first-order valence-electron chi connectivity index (χ1n) is 19.9. The number of thiophene rings is 1. The molecule has 7 aromatic rings. The first-order chi connectivity index (χ1) is 30.7. The molecular formula is C45H38ClFN6O9S. The number of aromatic nitrogens is 4. The molecule has 3 N–H and O–H groups in total. The van der Waals surface area contributed by atoms with E-state index in [1.807, 2.05) is 6.07 Å². The molecule has 0 saturated carbocycles. The lowest BCUT2D eigenvalue weighted by Gasteiger charge is -2.33. The Bertz CT molecular complexity index is 2770. The maximum atomic E-state index is 14.2. The Kier molecular flexibility index (Phi) is 12.3. The summed E-state index contributed by atoms with van der Waals surface area (Å²) in [6, 6.07) is 25.0. The molecule has 0 spiro atoms. The molecule has 18 heteroatoms. The van der Waals surface area contributed by atoms with E-state index in [9.17, 15) is 24.8 Å². The Hall–Kier alpha value is -6.47. The molecule has 2 atom stereocenters. The molecule has 1 fully saturated rings. The molecule has 3 aromatic heterocycles. The molecule has 6 heterocycles. The zero-order valence-electron chi connectivity index (χ0n) is 33.3. The van der Waals surface area contributed by atoms with Crippen molar-refractivity contribution < 1.29 is 48.6 Å². The first-order valence-corrected chi connectivity index (χ1v) is 21.1. The Labute approximate surface area is 368 Å². The highest BCUT2D eigenvalue weighted by Gasteiger charge is 2.29. The number of piperazine rings is 1. The second kappa shape index (κ2) is 18.5. The van der Waals surface area contributed by atoms with Crippen molar-refractivity contribution >= 4 is 39.1 Å². The predicted octanol–water partition coefficient (Wildman–Crippen LogP) is 7.93. The molecule has 0 aliphatic carbocycles. The van der Waals surface area contributed by atoms with Crippen molar-refractivity contribution in [2.24, 2.45) is 0 Å². The number of fused-ring (bicyclic) bond motifs is 7. The van der Waals surface area contributed by atoms with Gasteiger partial charge in [0.1, 0.15) is 53.5 Å². The largest absolute Gasteiger partial charge is 0.490 e. The van der Waals surface area contributed by atoms with Crippen molar-refractivity contribution in [2.45, 2.75) is 25.2 Å². The highest BCUT2D eigenvalue weighted by atomic mass is 35.5. The van der Waals surface area contributed by atoms with E-state index in [0.29, 0.717) is 109 Å². The summed E-state index contributed by atoms with van der Waals surface area (Å²) in [5.41, 5.74) is 3.36. The van der Waals surface area contributed by atoms with Crippen LogP contribution in [0.5, 0.6) is 28.9 Å². The number of halogens is 2. The van der Waals surface area contributed by atoms with Crippen LogP contribution in [-0.2, 0) is 17.8 Å². The van der Waals surface area contributed by atoms with Gasteiger partial charge in [-0.1, -0.05) is 41.9 Å². The zero-order valence-corrected chi connectivity index (χ0v) is 34.8. The highest BCUT2D eigenvalue weighted by molar-refractivity contribution is 7.22. The van der Waals surface area contributed by atoms with Gasteiger partial charge >= 0.3 is 5.97 Å². The number of carbonyl (C=O) groups is 1. The second-order valence-electron chi connectivity index (χ2n) is 14.8. The van der Waals surface area contributed by atoms with Crippen LogP contribution in [0.3, 0.4) is 0 Å².